The van der Waals surface area contributed by atoms with Gasteiger partial charge in [0.1, 0.15) is 17.3 Å². The van der Waals surface area contributed by atoms with Crippen molar-refractivity contribution in [2.45, 2.75) is 33.2 Å². The Kier molecular flexibility index (Phi) is 5.72. The fourth-order valence-electron chi connectivity index (χ4n) is 3.37. The molecule has 7 heteroatoms. The van der Waals surface area contributed by atoms with Gasteiger partial charge in [0.25, 0.3) is 0 Å². The third-order valence-electron chi connectivity index (χ3n) is 4.89. The molecule has 0 bridgehead atoms. The van der Waals surface area contributed by atoms with E-state index >= 15 is 0 Å². The number of hydrogen-bond donors (Lipinski definition) is 1. The average molecular weight is 418 g/mol. The molecule has 3 heterocycles. The Labute approximate surface area is 179 Å². The number of carbonyl (C=O) groups is 1. The molecule has 0 aliphatic rings. The molecule has 4 rings (SSSR count). The highest BCUT2D eigenvalue weighted by Gasteiger charge is 2.11. The van der Waals surface area contributed by atoms with Gasteiger partial charge >= 0.3 is 0 Å². The van der Waals surface area contributed by atoms with Crippen molar-refractivity contribution >= 4 is 39.0 Å². The van der Waals surface area contributed by atoms with E-state index in [4.69, 9.17) is 4.98 Å². The van der Waals surface area contributed by atoms with Crippen molar-refractivity contribution in [1.29, 1.82) is 0 Å². The Balaban J connectivity index is 1.50. The highest BCUT2D eigenvalue weighted by atomic mass is 32.1. The quantitative estimate of drug-likeness (QED) is 0.420. The number of rotatable bonds is 8. The summed E-state index contributed by atoms with van der Waals surface area (Å²) >= 11 is 1.52. The number of carbonyl (C=O) groups excluding carboxylic acids is 1. The van der Waals surface area contributed by atoms with E-state index in [0.717, 1.165) is 57.6 Å². The molecular formula is C23H23N5OS. The first-order valence-corrected chi connectivity index (χ1v) is 10.7. The molecule has 6 nitrogen and oxygen atoms in total. The number of aromatic nitrogens is 4. The van der Waals surface area contributed by atoms with Crippen LogP contribution in [-0.2, 0) is 11.3 Å². The number of fused-ring (bicyclic) bond motifs is 1. The summed E-state index contributed by atoms with van der Waals surface area (Å²) in [6.45, 7) is 8.59. The smallest absolute Gasteiger partial charge is 0.187 e. The first kappa shape index (κ1) is 20.0. The van der Waals surface area contributed by atoms with Gasteiger partial charge < -0.3 is 14.7 Å². The van der Waals surface area contributed by atoms with Crippen LogP contribution in [0, 0.1) is 6.92 Å². The SMILES string of the molecule is C=C(Nc1nc(-c2ccccn2)cs1)c1ccc2c(c1)nc(C)n2CCCC(C)=O. The minimum Gasteiger partial charge on any atom is -0.332 e. The van der Waals surface area contributed by atoms with Gasteiger partial charge in [-0.05, 0) is 50.1 Å². The van der Waals surface area contributed by atoms with Crippen LogP contribution in [0.2, 0.25) is 0 Å². The first-order chi connectivity index (χ1) is 14.5. The molecule has 30 heavy (non-hydrogen) atoms. The molecule has 0 atom stereocenters. The van der Waals surface area contributed by atoms with E-state index in [1.807, 2.05) is 42.6 Å². The van der Waals surface area contributed by atoms with Gasteiger partial charge in [-0.15, -0.1) is 11.3 Å². The molecular weight excluding hydrogens is 394 g/mol. The lowest BCUT2D eigenvalue weighted by molar-refractivity contribution is -0.117. The molecule has 0 saturated carbocycles. The number of nitrogens with zero attached hydrogens (tertiary/aromatic N) is 4. The average Bonchev–Trinajstić information content (AvgIpc) is 3.32. The fourth-order valence-corrected chi connectivity index (χ4v) is 4.10. The van der Waals surface area contributed by atoms with E-state index < -0.39 is 0 Å². The van der Waals surface area contributed by atoms with Crippen molar-refractivity contribution in [1.82, 2.24) is 19.5 Å². The maximum absolute atomic E-state index is 11.2. The van der Waals surface area contributed by atoms with Gasteiger partial charge in [0, 0.05) is 30.2 Å². The molecule has 0 spiro atoms. The maximum atomic E-state index is 11.2. The molecule has 0 fully saturated rings. The van der Waals surface area contributed by atoms with Gasteiger partial charge in [-0.25, -0.2) is 9.97 Å². The Hall–Kier alpha value is -3.32. The zero-order valence-corrected chi connectivity index (χ0v) is 17.9. The summed E-state index contributed by atoms with van der Waals surface area (Å²) in [5.41, 5.74) is 5.40. The summed E-state index contributed by atoms with van der Waals surface area (Å²) < 4.78 is 2.16. The number of thiazole rings is 1. The lowest BCUT2D eigenvalue weighted by atomic mass is 10.1. The Morgan fingerprint density at radius 2 is 2.07 bits per heavy atom. The van der Waals surface area contributed by atoms with Crippen molar-refractivity contribution in [3.8, 4) is 11.4 Å². The minimum atomic E-state index is 0.218. The van der Waals surface area contributed by atoms with Crippen LogP contribution in [-0.4, -0.2) is 25.3 Å². The van der Waals surface area contributed by atoms with Crippen molar-refractivity contribution in [3.05, 3.63) is 65.9 Å². The van der Waals surface area contributed by atoms with Crippen LogP contribution in [0.3, 0.4) is 0 Å². The summed E-state index contributed by atoms with van der Waals surface area (Å²) in [5.74, 6) is 1.17. The van der Waals surface area contributed by atoms with E-state index in [-0.39, 0.29) is 5.78 Å². The van der Waals surface area contributed by atoms with Gasteiger partial charge in [-0.1, -0.05) is 18.7 Å². The monoisotopic (exact) mass is 417 g/mol. The number of benzene rings is 1. The predicted octanol–water partition coefficient (Wildman–Crippen LogP) is 5.32. The molecule has 3 aromatic heterocycles. The van der Waals surface area contributed by atoms with Crippen molar-refractivity contribution < 1.29 is 4.79 Å². The molecule has 1 aromatic carbocycles. The van der Waals surface area contributed by atoms with Crippen LogP contribution in [0.25, 0.3) is 28.1 Å². The number of hydrogen-bond acceptors (Lipinski definition) is 6. The van der Waals surface area contributed by atoms with Crippen LogP contribution in [0.4, 0.5) is 5.13 Å². The minimum absolute atomic E-state index is 0.218. The van der Waals surface area contributed by atoms with Crippen molar-refractivity contribution in [3.63, 3.8) is 0 Å². The number of ketones is 1. The third-order valence-corrected chi connectivity index (χ3v) is 5.65. The number of aryl methyl sites for hydroxylation is 2. The van der Waals surface area contributed by atoms with Gasteiger partial charge in [-0.2, -0.15) is 0 Å². The van der Waals surface area contributed by atoms with Crippen LogP contribution in [0.5, 0.6) is 0 Å². The lowest BCUT2D eigenvalue weighted by Gasteiger charge is -2.08. The van der Waals surface area contributed by atoms with E-state index in [9.17, 15) is 4.79 Å². The molecule has 0 radical (unpaired) electrons. The van der Waals surface area contributed by atoms with Gasteiger partial charge in [-0.3, -0.25) is 4.98 Å². The van der Waals surface area contributed by atoms with Gasteiger partial charge in [0.2, 0.25) is 0 Å². The highest BCUT2D eigenvalue weighted by Crippen LogP contribution is 2.27. The second-order valence-electron chi connectivity index (χ2n) is 7.18. The number of nitrogens with one attached hydrogen (secondary N) is 1. The van der Waals surface area contributed by atoms with E-state index in [1.54, 1.807) is 13.1 Å². The second kappa shape index (κ2) is 8.59. The second-order valence-corrected chi connectivity index (χ2v) is 8.03. The molecule has 0 unspecified atom stereocenters. The van der Waals surface area contributed by atoms with Crippen molar-refractivity contribution in [2.75, 3.05) is 5.32 Å². The summed E-state index contributed by atoms with van der Waals surface area (Å²) in [7, 11) is 0. The molecule has 4 aromatic rings. The topological polar surface area (TPSA) is 72.7 Å². The largest absolute Gasteiger partial charge is 0.332 e. The normalized spacial score (nSPS) is 11.0. The maximum Gasteiger partial charge on any atom is 0.187 e. The Bertz CT molecular complexity index is 1210. The van der Waals surface area contributed by atoms with Crippen molar-refractivity contribution in [2.24, 2.45) is 0 Å². The first-order valence-electron chi connectivity index (χ1n) is 9.81. The molecule has 0 saturated heterocycles. The molecule has 0 amide bonds. The highest BCUT2D eigenvalue weighted by molar-refractivity contribution is 7.14. The summed E-state index contributed by atoms with van der Waals surface area (Å²) in [6.07, 6.45) is 3.17. The summed E-state index contributed by atoms with van der Waals surface area (Å²) in [4.78, 5) is 24.9. The lowest BCUT2D eigenvalue weighted by Crippen LogP contribution is -2.02. The number of pyridine rings is 1. The van der Waals surface area contributed by atoms with Gasteiger partial charge in [0.15, 0.2) is 5.13 Å². The van der Waals surface area contributed by atoms with Crippen LogP contribution < -0.4 is 5.32 Å². The third kappa shape index (κ3) is 4.31. The van der Waals surface area contributed by atoms with Gasteiger partial charge in [0.05, 0.1) is 16.7 Å². The van der Waals surface area contributed by atoms with E-state index in [2.05, 4.69) is 32.5 Å². The zero-order valence-electron chi connectivity index (χ0n) is 17.1. The predicted molar refractivity (Wildman–Crippen MR) is 122 cm³/mol. The number of anilines is 1. The van der Waals surface area contributed by atoms with E-state index in [1.165, 1.54) is 11.3 Å². The standard InChI is InChI=1S/C23H23N5OS/c1-15(29)7-6-12-28-17(3)26-20-13-18(9-10-22(20)28)16(2)25-23-27-21(14-30-23)19-8-4-5-11-24-19/h4-5,8-11,13-14H,2,6-7,12H2,1,3H3,(H,25,27). The number of Topliss-reactive ketones (excluding diaryl/α,β-unsaturated/α-hetero) is 1. The molecule has 1 N–H and O–H groups in total. The van der Waals surface area contributed by atoms with Crippen LogP contribution in [0.1, 0.15) is 31.2 Å². The molecule has 0 aliphatic heterocycles. The Morgan fingerprint density at radius 1 is 1.20 bits per heavy atom. The van der Waals surface area contributed by atoms with E-state index in [0.29, 0.717) is 6.42 Å². The molecule has 0 aliphatic carbocycles. The van der Waals surface area contributed by atoms with Crippen LogP contribution in [0.15, 0.2) is 54.6 Å². The summed E-state index contributed by atoms with van der Waals surface area (Å²) in [5, 5.41) is 6.04. The number of imidazole rings is 1. The fraction of sp³-hybridized carbons (Fsp3) is 0.217. The summed E-state index contributed by atoms with van der Waals surface area (Å²) in [6, 6.07) is 11.9. The zero-order chi connectivity index (χ0) is 21.1. The van der Waals surface area contributed by atoms with Crippen LogP contribution >= 0.6 is 11.3 Å². The Morgan fingerprint density at radius 3 is 2.83 bits per heavy atom. The molecule has 152 valence electrons.